The van der Waals surface area contributed by atoms with E-state index in [4.69, 9.17) is 4.74 Å². The first-order chi connectivity index (χ1) is 9.15. The van der Waals surface area contributed by atoms with Gasteiger partial charge in [-0.3, -0.25) is 4.68 Å². The molecule has 0 saturated carbocycles. The van der Waals surface area contributed by atoms with Crippen LogP contribution in [0.1, 0.15) is 11.1 Å². The summed E-state index contributed by atoms with van der Waals surface area (Å²) in [5.74, 6) is 0.825. The summed E-state index contributed by atoms with van der Waals surface area (Å²) in [6.45, 7) is 4.77. The lowest BCUT2D eigenvalue weighted by atomic mass is 10.1. The standard InChI is InChI=1S/C15H20N2O2/c1-12-5-6-15(13(2)9-12)19-11-14(18)10-16-17-7-3-4-8-17/h3-9,14,16,18H,10-11H2,1-2H3. The van der Waals surface area contributed by atoms with E-state index in [1.54, 1.807) is 4.68 Å². The molecular weight excluding hydrogens is 240 g/mol. The van der Waals surface area contributed by atoms with Crippen LogP contribution < -0.4 is 10.2 Å². The summed E-state index contributed by atoms with van der Waals surface area (Å²) < 4.78 is 7.43. The van der Waals surface area contributed by atoms with E-state index < -0.39 is 6.10 Å². The van der Waals surface area contributed by atoms with Gasteiger partial charge in [0.05, 0.1) is 6.54 Å². The number of aliphatic hydroxyl groups is 1. The van der Waals surface area contributed by atoms with Crippen molar-refractivity contribution in [3.63, 3.8) is 0 Å². The van der Waals surface area contributed by atoms with Crippen LogP contribution in [0.4, 0.5) is 0 Å². The molecule has 102 valence electrons. The molecule has 2 rings (SSSR count). The fraction of sp³-hybridized carbons (Fsp3) is 0.333. The lowest BCUT2D eigenvalue weighted by Gasteiger charge is -2.15. The number of nitrogens with one attached hydrogen (secondary N) is 1. The number of hydrogen-bond donors (Lipinski definition) is 2. The third-order valence-corrected chi connectivity index (χ3v) is 2.88. The lowest BCUT2D eigenvalue weighted by molar-refractivity contribution is 0.115. The first-order valence-electron chi connectivity index (χ1n) is 6.40. The summed E-state index contributed by atoms with van der Waals surface area (Å²) in [7, 11) is 0. The number of aromatic nitrogens is 1. The number of aliphatic hydroxyl groups excluding tert-OH is 1. The van der Waals surface area contributed by atoms with Crippen LogP contribution in [0.25, 0.3) is 0 Å². The maximum Gasteiger partial charge on any atom is 0.122 e. The smallest absolute Gasteiger partial charge is 0.122 e. The summed E-state index contributed by atoms with van der Waals surface area (Å²) in [5.41, 5.74) is 5.37. The molecule has 4 heteroatoms. The Hall–Kier alpha value is -1.94. The van der Waals surface area contributed by atoms with E-state index in [1.807, 2.05) is 50.5 Å². The van der Waals surface area contributed by atoms with Gasteiger partial charge in [0.2, 0.25) is 0 Å². The van der Waals surface area contributed by atoms with Crippen molar-refractivity contribution < 1.29 is 9.84 Å². The molecule has 1 aromatic carbocycles. The highest BCUT2D eigenvalue weighted by Crippen LogP contribution is 2.18. The number of hydrogen-bond acceptors (Lipinski definition) is 3. The SMILES string of the molecule is Cc1ccc(OCC(O)CNn2cccc2)c(C)c1. The fourth-order valence-electron chi connectivity index (χ4n) is 1.86. The zero-order chi connectivity index (χ0) is 13.7. The minimum absolute atomic E-state index is 0.276. The van der Waals surface area contributed by atoms with E-state index in [2.05, 4.69) is 11.5 Å². The quantitative estimate of drug-likeness (QED) is 0.836. The normalized spacial score (nSPS) is 12.2. The van der Waals surface area contributed by atoms with Crippen LogP contribution in [-0.2, 0) is 0 Å². The van der Waals surface area contributed by atoms with Crippen LogP contribution in [0.15, 0.2) is 42.7 Å². The van der Waals surface area contributed by atoms with Crippen LogP contribution in [0.3, 0.4) is 0 Å². The van der Waals surface area contributed by atoms with Crippen LogP contribution in [0.2, 0.25) is 0 Å². The molecule has 4 nitrogen and oxygen atoms in total. The Bertz CT molecular complexity index is 509. The third kappa shape index (κ3) is 4.03. The van der Waals surface area contributed by atoms with Gasteiger partial charge in [0.1, 0.15) is 18.5 Å². The van der Waals surface area contributed by atoms with Crippen LogP contribution in [0, 0.1) is 13.8 Å². The Kier molecular flexibility index (Phi) is 4.47. The Morgan fingerprint density at radius 1 is 1.26 bits per heavy atom. The number of nitrogens with zero attached hydrogens (tertiary/aromatic N) is 1. The van der Waals surface area contributed by atoms with Crippen molar-refractivity contribution in [2.24, 2.45) is 0 Å². The van der Waals surface area contributed by atoms with Crippen molar-refractivity contribution in [3.05, 3.63) is 53.9 Å². The molecule has 0 aliphatic carbocycles. The number of benzene rings is 1. The molecule has 0 bridgehead atoms. The van der Waals surface area contributed by atoms with Crippen LogP contribution in [0.5, 0.6) is 5.75 Å². The minimum atomic E-state index is -0.553. The average Bonchev–Trinajstić information content (AvgIpc) is 2.88. The fourth-order valence-corrected chi connectivity index (χ4v) is 1.86. The molecule has 19 heavy (non-hydrogen) atoms. The predicted molar refractivity (Wildman–Crippen MR) is 76.1 cm³/mol. The van der Waals surface area contributed by atoms with E-state index in [1.165, 1.54) is 5.56 Å². The van der Waals surface area contributed by atoms with Gasteiger partial charge in [0.25, 0.3) is 0 Å². The largest absolute Gasteiger partial charge is 0.491 e. The Morgan fingerprint density at radius 3 is 2.68 bits per heavy atom. The van der Waals surface area contributed by atoms with Crippen LogP contribution in [-0.4, -0.2) is 29.0 Å². The maximum absolute atomic E-state index is 9.85. The molecule has 0 aliphatic heterocycles. The molecular formula is C15H20N2O2. The molecule has 2 N–H and O–H groups in total. The highest BCUT2D eigenvalue weighted by atomic mass is 16.5. The zero-order valence-electron chi connectivity index (χ0n) is 11.3. The summed E-state index contributed by atoms with van der Waals surface area (Å²) >= 11 is 0. The van der Waals surface area contributed by atoms with Gasteiger partial charge in [-0.25, -0.2) is 0 Å². The highest BCUT2D eigenvalue weighted by Gasteiger charge is 2.06. The molecule has 0 fully saturated rings. The van der Waals surface area contributed by atoms with Gasteiger partial charge in [-0.1, -0.05) is 17.7 Å². The molecule has 0 radical (unpaired) electrons. The Balaban J connectivity index is 1.78. The topological polar surface area (TPSA) is 46.4 Å². The predicted octanol–water partition coefficient (Wildman–Crippen LogP) is 2.09. The number of ether oxygens (including phenoxy) is 1. The van der Waals surface area contributed by atoms with Crippen molar-refractivity contribution in [1.29, 1.82) is 0 Å². The first-order valence-corrected chi connectivity index (χ1v) is 6.40. The number of rotatable bonds is 6. The van der Waals surface area contributed by atoms with E-state index in [-0.39, 0.29) is 6.61 Å². The molecule has 1 atom stereocenters. The summed E-state index contributed by atoms with van der Waals surface area (Å²) in [6.07, 6.45) is 3.22. The Labute approximate surface area is 113 Å². The van der Waals surface area contributed by atoms with Crippen molar-refractivity contribution in [2.75, 3.05) is 18.6 Å². The molecule has 0 spiro atoms. The van der Waals surface area contributed by atoms with Crippen molar-refractivity contribution in [2.45, 2.75) is 20.0 Å². The summed E-state index contributed by atoms with van der Waals surface area (Å²) in [5, 5.41) is 9.85. The summed E-state index contributed by atoms with van der Waals surface area (Å²) in [4.78, 5) is 0. The second kappa shape index (κ2) is 6.29. The Morgan fingerprint density at radius 2 is 2.00 bits per heavy atom. The maximum atomic E-state index is 9.85. The van der Waals surface area contributed by atoms with Gasteiger partial charge in [-0.15, -0.1) is 0 Å². The van der Waals surface area contributed by atoms with E-state index in [9.17, 15) is 5.11 Å². The molecule has 0 amide bonds. The minimum Gasteiger partial charge on any atom is -0.491 e. The zero-order valence-corrected chi connectivity index (χ0v) is 11.3. The van der Waals surface area contributed by atoms with Crippen molar-refractivity contribution in [1.82, 2.24) is 4.68 Å². The van der Waals surface area contributed by atoms with Gasteiger partial charge in [0.15, 0.2) is 0 Å². The number of aryl methyl sites for hydroxylation is 2. The summed E-state index contributed by atoms with van der Waals surface area (Å²) in [6, 6.07) is 9.86. The van der Waals surface area contributed by atoms with Gasteiger partial charge < -0.3 is 15.3 Å². The average molecular weight is 260 g/mol. The van der Waals surface area contributed by atoms with Crippen molar-refractivity contribution in [3.8, 4) is 5.75 Å². The van der Waals surface area contributed by atoms with E-state index >= 15 is 0 Å². The van der Waals surface area contributed by atoms with Gasteiger partial charge in [-0.2, -0.15) is 0 Å². The van der Waals surface area contributed by atoms with Gasteiger partial charge in [-0.05, 0) is 37.6 Å². The van der Waals surface area contributed by atoms with Gasteiger partial charge in [0, 0.05) is 12.4 Å². The first kappa shape index (κ1) is 13.5. The highest BCUT2D eigenvalue weighted by molar-refractivity contribution is 5.35. The molecule has 1 heterocycles. The van der Waals surface area contributed by atoms with Crippen LogP contribution >= 0.6 is 0 Å². The monoisotopic (exact) mass is 260 g/mol. The van der Waals surface area contributed by atoms with Gasteiger partial charge >= 0.3 is 0 Å². The second-order valence-electron chi connectivity index (χ2n) is 4.69. The molecule has 0 aliphatic rings. The molecule has 0 saturated heterocycles. The molecule has 1 unspecified atom stereocenters. The molecule has 1 aromatic heterocycles. The lowest BCUT2D eigenvalue weighted by Crippen LogP contribution is -2.30. The van der Waals surface area contributed by atoms with E-state index in [0.717, 1.165) is 11.3 Å². The van der Waals surface area contributed by atoms with Crippen molar-refractivity contribution >= 4 is 0 Å². The van der Waals surface area contributed by atoms with E-state index in [0.29, 0.717) is 6.54 Å². The third-order valence-electron chi connectivity index (χ3n) is 2.88. The second-order valence-corrected chi connectivity index (χ2v) is 4.69. The molecule has 2 aromatic rings.